The van der Waals surface area contributed by atoms with Gasteiger partial charge >= 0.3 is 23.9 Å². The van der Waals surface area contributed by atoms with Crippen molar-refractivity contribution in [2.75, 3.05) is 18.5 Å². The molecule has 0 aliphatic carbocycles. The number of amides is 1. The fourth-order valence-corrected chi connectivity index (χ4v) is 3.36. The van der Waals surface area contributed by atoms with Crippen LogP contribution in [0.2, 0.25) is 0 Å². The molecule has 1 saturated heterocycles. The van der Waals surface area contributed by atoms with Gasteiger partial charge in [-0.15, -0.1) is 0 Å². The first-order chi connectivity index (χ1) is 17.5. The summed E-state index contributed by atoms with van der Waals surface area (Å²) >= 11 is 0. The summed E-state index contributed by atoms with van der Waals surface area (Å²) in [6.07, 6.45) is -6.74. The summed E-state index contributed by atoms with van der Waals surface area (Å²) in [5.74, 6) is -3.43. The van der Waals surface area contributed by atoms with Gasteiger partial charge in [0.25, 0.3) is 0 Å². The number of hydrogen-bond donors (Lipinski definition) is 1. The van der Waals surface area contributed by atoms with E-state index in [1.54, 1.807) is 0 Å². The lowest BCUT2D eigenvalue weighted by Crippen LogP contribution is -2.63. The normalized spacial score (nSPS) is 22.4. The van der Waals surface area contributed by atoms with Gasteiger partial charge in [0.2, 0.25) is 18.3 Å². The van der Waals surface area contributed by atoms with Crippen molar-refractivity contribution in [2.45, 2.75) is 58.4 Å². The highest BCUT2D eigenvalue weighted by atomic mass is 16.7. The van der Waals surface area contributed by atoms with Crippen molar-refractivity contribution in [3.8, 4) is 5.75 Å². The fraction of sp³-hybridized carbons (Fsp3) is 0.500. The lowest BCUT2D eigenvalue weighted by Gasteiger charge is -2.43. The highest BCUT2D eigenvalue weighted by Crippen LogP contribution is 2.31. The quantitative estimate of drug-likeness (QED) is 0.153. The second kappa shape index (κ2) is 13.7. The molecule has 0 aromatic heterocycles. The highest BCUT2D eigenvalue weighted by Gasteiger charge is 2.53. The van der Waals surface area contributed by atoms with Gasteiger partial charge in [0, 0.05) is 44.4 Å². The fourth-order valence-electron chi connectivity index (χ4n) is 3.36. The number of nitrogens with one attached hydrogen (secondary N) is 1. The van der Waals surface area contributed by atoms with Crippen LogP contribution in [0.25, 0.3) is 10.4 Å². The van der Waals surface area contributed by atoms with Crippen molar-refractivity contribution in [1.29, 1.82) is 0 Å². The Morgan fingerprint density at radius 1 is 0.946 bits per heavy atom. The number of benzene rings is 1. The van der Waals surface area contributed by atoms with E-state index in [2.05, 4.69) is 15.3 Å². The van der Waals surface area contributed by atoms with Gasteiger partial charge < -0.3 is 33.7 Å². The first-order valence-electron chi connectivity index (χ1n) is 10.9. The van der Waals surface area contributed by atoms with Gasteiger partial charge in [-0.05, 0) is 17.7 Å². The van der Waals surface area contributed by atoms with E-state index < -0.39 is 73.6 Å². The summed E-state index contributed by atoms with van der Waals surface area (Å²) in [4.78, 5) is 61.4. The Morgan fingerprint density at radius 3 is 2.16 bits per heavy atom. The Labute approximate surface area is 210 Å². The monoisotopic (exact) mass is 522 g/mol. The molecule has 1 aliphatic heterocycles. The number of carbonyl (C=O) groups excluding carboxylic acids is 5. The molecule has 200 valence electrons. The molecule has 37 heavy (non-hydrogen) atoms. The molecule has 15 heteroatoms. The second-order valence-electron chi connectivity index (χ2n) is 7.65. The lowest BCUT2D eigenvalue weighted by molar-refractivity contribution is -0.288. The van der Waals surface area contributed by atoms with Crippen LogP contribution < -0.4 is 10.1 Å². The summed E-state index contributed by atoms with van der Waals surface area (Å²) in [5.41, 5.74) is 8.63. The van der Waals surface area contributed by atoms with Crippen LogP contribution >= 0.6 is 0 Å². The van der Waals surface area contributed by atoms with Crippen LogP contribution in [0, 0.1) is 0 Å². The number of carbonyl (C=O) groups is 5. The molecule has 0 saturated carbocycles. The van der Waals surface area contributed by atoms with Gasteiger partial charge in [0.05, 0.1) is 0 Å². The molecule has 1 fully saturated rings. The predicted molar refractivity (Wildman–Crippen MR) is 122 cm³/mol. The average Bonchev–Trinajstić information content (AvgIpc) is 2.79. The topological polar surface area (TPSA) is 202 Å². The Bertz CT molecular complexity index is 1070. The smallest absolute Gasteiger partial charge is 0.303 e. The zero-order valence-electron chi connectivity index (χ0n) is 20.4. The molecule has 5 atom stereocenters. The van der Waals surface area contributed by atoms with Crippen LogP contribution in [0.5, 0.6) is 5.75 Å². The molecule has 1 N–H and O–H groups in total. The molecule has 1 aromatic carbocycles. The molecule has 1 aliphatic rings. The van der Waals surface area contributed by atoms with E-state index in [4.69, 9.17) is 34.0 Å². The van der Waals surface area contributed by atoms with Crippen LogP contribution in [0.1, 0.15) is 27.7 Å². The first kappa shape index (κ1) is 28.9. The van der Waals surface area contributed by atoms with Crippen LogP contribution in [0.4, 0.5) is 5.69 Å². The summed E-state index contributed by atoms with van der Waals surface area (Å²) < 4.78 is 32.7. The molecular weight excluding hydrogens is 496 g/mol. The molecule has 0 radical (unpaired) electrons. The molecule has 1 amide bonds. The van der Waals surface area contributed by atoms with E-state index in [1.165, 1.54) is 24.3 Å². The Morgan fingerprint density at radius 2 is 1.57 bits per heavy atom. The summed E-state index contributed by atoms with van der Waals surface area (Å²) in [7, 11) is 0. The number of rotatable bonds is 10. The van der Waals surface area contributed by atoms with Crippen LogP contribution in [-0.4, -0.2) is 73.6 Å². The number of ether oxygens (including phenoxy) is 6. The van der Waals surface area contributed by atoms with Crippen molar-refractivity contribution in [3.05, 3.63) is 34.7 Å². The molecule has 1 heterocycles. The van der Waals surface area contributed by atoms with Crippen LogP contribution in [0.15, 0.2) is 29.4 Å². The first-order valence-corrected chi connectivity index (χ1v) is 10.9. The summed E-state index contributed by atoms with van der Waals surface area (Å²) in [6.45, 7) is 3.63. The van der Waals surface area contributed by atoms with E-state index in [-0.39, 0.29) is 11.4 Å². The minimum absolute atomic E-state index is 0.127. The van der Waals surface area contributed by atoms with Crippen LogP contribution in [-0.2, 0) is 47.7 Å². The van der Waals surface area contributed by atoms with Crippen LogP contribution in [0.3, 0.4) is 0 Å². The third-order valence-electron chi connectivity index (χ3n) is 4.60. The number of esters is 4. The van der Waals surface area contributed by atoms with E-state index in [1.807, 2.05) is 0 Å². The van der Waals surface area contributed by atoms with E-state index in [0.29, 0.717) is 0 Å². The highest BCUT2D eigenvalue weighted by molar-refractivity contribution is 5.92. The zero-order valence-corrected chi connectivity index (χ0v) is 20.4. The average molecular weight is 522 g/mol. The Hall–Kier alpha value is -4.36. The van der Waals surface area contributed by atoms with Crippen molar-refractivity contribution in [2.24, 2.45) is 5.11 Å². The number of hydrogen-bond acceptors (Lipinski definition) is 12. The zero-order chi connectivity index (χ0) is 27.5. The maximum absolute atomic E-state index is 11.9. The third kappa shape index (κ3) is 9.31. The minimum atomic E-state index is -1.44. The number of azide groups is 1. The van der Waals surface area contributed by atoms with Crippen molar-refractivity contribution < 1.29 is 52.4 Å². The molecule has 1 aromatic rings. The molecule has 15 nitrogen and oxygen atoms in total. The summed E-state index contributed by atoms with van der Waals surface area (Å²) in [5, 5.41) is 5.68. The van der Waals surface area contributed by atoms with Gasteiger partial charge in [-0.2, -0.15) is 0 Å². The molecule has 0 bridgehead atoms. The van der Waals surface area contributed by atoms with Crippen molar-refractivity contribution >= 4 is 35.5 Å². The molecular formula is C22H26N4O11. The van der Waals surface area contributed by atoms with E-state index in [0.717, 1.165) is 27.7 Å². The minimum Gasteiger partial charge on any atom is -0.463 e. The van der Waals surface area contributed by atoms with Crippen molar-refractivity contribution in [3.63, 3.8) is 0 Å². The van der Waals surface area contributed by atoms with Crippen molar-refractivity contribution in [1.82, 2.24) is 0 Å². The maximum atomic E-state index is 11.9. The molecule has 0 unspecified atom stereocenters. The van der Waals surface area contributed by atoms with Gasteiger partial charge in [0.1, 0.15) is 25.0 Å². The largest absolute Gasteiger partial charge is 0.463 e. The SMILES string of the molecule is CC(=O)OC[C@H]1O[C@@H](Oc2cccc(NC(=O)CN=[N+]=[N-])c2)[C@H](OC(C)=O)[C@@H](OC(C)=O)[C@H]1OC(C)=O. The predicted octanol–water partition coefficient (Wildman–Crippen LogP) is 1.40. The van der Waals surface area contributed by atoms with Gasteiger partial charge in [-0.1, -0.05) is 11.2 Å². The van der Waals surface area contributed by atoms with Gasteiger partial charge in [-0.25, -0.2) is 0 Å². The van der Waals surface area contributed by atoms with Gasteiger partial charge in [0.15, 0.2) is 12.2 Å². The molecule has 0 spiro atoms. The number of anilines is 1. The second-order valence-corrected chi connectivity index (χ2v) is 7.65. The maximum Gasteiger partial charge on any atom is 0.303 e. The number of nitrogens with zero attached hydrogens (tertiary/aromatic N) is 3. The van der Waals surface area contributed by atoms with Gasteiger partial charge in [-0.3, -0.25) is 24.0 Å². The Kier molecular flexibility index (Phi) is 10.7. The van der Waals surface area contributed by atoms with E-state index in [9.17, 15) is 24.0 Å². The summed E-state index contributed by atoms with van der Waals surface area (Å²) in [6, 6.07) is 5.97. The third-order valence-corrected chi connectivity index (χ3v) is 4.60. The standard InChI is InChI=1S/C22H26N4O11/c1-11(27)32-10-17-19(33-12(2)28)20(34-13(3)29)21(35-14(4)30)22(37-17)36-16-7-5-6-15(8-16)25-18(31)9-24-26-23/h5-8,17,19-22H,9-10H2,1-4H3,(H,25,31)/t17-,19+,20+,21-,22-/m1/s1. The lowest BCUT2D eigenvalue weighted by atomic mass is 9.98. The molecule has 2 rings (SSSR count). The Balaban J connectivity index is 2.41. The van der Waals surface area contributed by atoms with E-state index >= 15 is 0 Å².